The molecule has 0 heterocycles. The SMILES string of the molecule is CCOC(CCN(C)C)CNC(=NC)NCc1cc(C)ccc1OC(F)F.I. The largest absolute Gasteiger partial charge is 0.434 e. The molecule has 0 aliphatic heterocycles. The number of halogens is 3. The lowest BCUT2D eigenvalue weighted by atomic mass is 10.1. The molecule has 0 fully saturated rings. The van der Waals surface area contributed by atoms with Crippen LogP contribution in [0.15, 0.2) is 23.2 Å². The van der Waals surface area contributed by atoms with Crippen molar-refractivity contribution < 1.29 is 18.3 Å². The van der Waals surface area contributed by atoms with E-state index in [-0.39, 0.29) is 35.8 Å². The van der Waals surface area contributed by atoms with E-state index < -0.39 is 6.61 Å². The van der Waals surface area contributed by atoms with Gasteiger partial charge in [-0.15, -0.1) is 24.0 Å². The van der Waals surface area contributed by atoms with Gasteiger partial charge in [0, 0.05) is 38.9 Å². The van der Waals surface area contributed by atoms with Crippen LogP contribution in [-0.2, 0) is 11.3 Å². The molecule has 0 saturated carbocycles. The van der Waals surface area contributed by atoms with E-state index in [2.05, 4.69) is 25.3 Å². The minimum Gasteiger partial charge on any atom is -0.434 e. The van der Waals surface area contributed by atoms with Gasteiger partial charge in [0.05, 0.1) is 6.10 Å². The van der Waals surface area contributed by atoms with Crippen molar-refractivity contribution in [2.24, 2.45) is 4.99 Å². The van der Waals surface area contributed by atoms with Crippen molar-refractivity contribution in [2.75, 3.05) is 40.8 Å². The summed E-state index contributed by atoms with van der Waals surface area (Å²) in [5, 5.41) is 6.37. The maximum absolute atomic E-state index is 12.6. The van der Waals surface area contributed by atoms with E-state index in [9.17, 15) is 8.78 Å². The van der Waals surface area contributed by atoms with Gasteiger partial charge in [0.1, 0.15) is 5.75 Å². The minimum atomic E-state index is -2.85. The van der Waals surface area contributed by atoms with Gasteiger partial charge in [0.15, 0.2) is 5.96 Å². The molecular formula is C19H33F2IN4O2. The third-order valence-corrected chi connectivity index (χ3v) is 3.90. The minimum absolute atomic E-state index is 0. The highest BCUT2D eigenvalue weighted by molar-refractivity contribution is 14.0. The third-order valence-electron chi connectivity index (χ3n) is 3.90. The van der Waals surface area contributed by atoms with E-state index in [0.29, 0.717) is 31.2 Å². The van der Waals surface area contributed by atoms with Gasteiger partial charge in [-0.3, -0.25) is 4.99 Å². The summed E-state index contributed by atoms with van der Waals surface area (Å²) in [6.07, 6.45) is 0.961. The van der Waals surface area contributed by atoms with Crippen LogP contribution < -0.4 is 15.4 Å². The summed E-state index contributed by atoms with van der Waals surface area (Å²) in [5.41, 5.74) is 1.61. The second-order valence-corrected chi connectivity index (χ2v) is 6.47. The number of aryl methyl sites for hydroxylation is 1. The van der Waals surface area contributed by atoms with Crippen molar-refractivity contribution in [3.8, 4) is 5.75 Å². The Labute approximate surface area is 184 Å². The lowest BCUT2D eigenvalue weighted by molar-refractivity contribution is -0.0504. The van der Waals surface area contributed by atoms with Crippen molar-refractivity contribution in [3.63, 3.8) is 0 Å². The molecule has 0 aliphatic rings. The quantitative estimate of drug-likeness (QED) is 0.270. The van der Waals surface area contributed by atoms with Gasteiger partial charge in [0.25, 0.3) is 0 Å². The molecule has 1 unspecified atom stereocenters. The number of hydrogen-bond donors (Lipinski definition) is 2. The Bertz CT molecular complexity index is 589. The Balaban J connectivity index is 0.00000729. The topological polar surface area (TPSA) is 58.1 Å². The summed E-state index contributed by atoms with van der Waals surface area (Å²) in [6.45, 7) is 3.51. The third kappa shape index (κ3) is 11.0. The zero-order valence-corrected chi connectivity index (χ0v) is 19.6. The second-order valence-electron chi connectivity index (χ2n) is 6.47. The summed E-state index contributed by atoms with van der Waals surface area (Å²) in [7, 11) is 5.72. The van der Waals surface area contributed by atoms with Gasteiger partial charge >= 0.3 is 6.61 Å². The molecule has 1 aromatic carbocycles. The van der Waals surface area contributed by atoms with Crippen molar-refractivity contribution in [1.29, 1.82) is 0 Å². The van der Waals surface area contributed by atoms with Crippen LogP contribution in [0.25, 0.3) is 0 Å². The van der Waals surface area contributed by atoms with Crippen LogP contribution in [0.5, 0.6) is 5.75 Å². The maximum Gasteiger partial charge on any atom is 0.387 e. The van der Waals surface area contributed by atoms with Crippen molar-refractivity contribution in [3.05, 3.63) is 29.3 Å². The van der Waals surface area contributed by atoms with Crippen LogP contribution in [0.1, 0.15) is 24.5 Å². The molecule has 0 spiro atoms. The lowest BCUT2D eigenvalue weighted by Gasteiger charge is -2.21. The van der Waals surface area contributed by atoms with E-state index in [1.807, 2.05) is 34.0 Å². The van der Waals surface area contributed by atoms with Gasteiger partial charge in [-0.2, -0.15) is 8.78 Å². The van der Waals surface area contributed by atoms with Gasteiger partial charge in [-0.05, 0) is 40.4 Å². The average molecular weight is 514 g/mol. The van der Waals surface area contributed by atoms with E-state index in [1.165, 1.54) is 0 Å². The summed E-state index contributed by atoms with van der Waals surface area (Å²) >= 11 is 0. The molecule has 6 nitrogen and oxygen atoms in total. The van der Waals surface area contributed by atoms with Crippen LogP contribution in [0.3, 0.4) is 0 Å². The maximum atomic E-state index is 12.6. The number of alkyl halides is 2. The second kappa shape index (κ2) is 14.7. The Hall–Kier alpha value is -1.20. The normalized spacial score (nSPS) is 12.7. The van der Waals surface area contributed by atoms with Crippen molar-refractivity contribution in [1.82, 2.24) is 15.5 Å². The Morgan fingerprint density at radius 2 is 1.96 bits per heavy atom. The number of nitrogens with zero attached hydrogens (tertiary/aromatic N) is 2. The Kier molecular flexibility index (Phi) is 14.1. The zero-order chi connectivity index (χ0) is 20.2. The monoisotopic (exact) mass is 514 g/mol. The lowest BCUT2D eigenvalue weighted by Crippen LogP contribution is -2.42. The number of benzene rings is 1. The summed E-state index contributed by atoms with van der Waals surface area (Å²) in [4.78, 5) is 6.30. The fourth-order valence-corrected chi connectivity index (χ4v) is 2.55. The molecule has 0 saturated heterocycles. The van der Waals surface area contributed by atoms with Gasteiger partial charge in [0.2, 0.25) is 0 Å². The highest BCUT2D eigenvalue weighted by Crippen LogP contribution is 2.21. The first-order chi connectivity index (χ1) is 12.8. The number of guanidine groups is 1. The zero-order valence-electron chi connectivity index (χ0n) is 17.3. The molecule has 0 aromatic heterocycles. The fourth-order valence-electron chi connectivity index (χ4n) is 2.55. The van der Waals surface area contributed by atoms with Crippen LogP contribution in [0, 0.1) is 6.92 Å². The molecule has 1 aromatic rings. The average Bonchev–Trinajstić information content (AvgIpc) is 2.61. The van der Waals surface area contributed by atoms with Crippen LogP contribution in [-0.4, -0.2) is 64.4 Å². The summed E-state index contributed by atoms with van der Waals surface area (Å²) in [5.74, 6) is 0.741. The number of ether oxygens (including phenoxy) is 2. The van der Waals surface area contributed by atoms with Crippen LogP contribution >= 0.6 is 24.0 Å². The van der Waals surface area contributed by atoms with Crippen LogP contribution in [0.2, 0.25) is 0 Å². The molecule has 2 N–H and O–H groups in total. The van der Waals surface area contributed by atoms with E-state index in [0.717, 1.165) is 18.5 Å². The number of rotatable bonds is 11. The van der Waals surface area contributed by atoms with Crippen molar-refractivity contribution in [2.45, 2.75) is 39.5 Å². The molecule has 1 atom stereocenters. The number of nitrogens with one attached hydrogen (secondary N) is 2. The first kappa shape index (κ1) is 26.8. The van der Waals surface area contributed by atoms with Crippen molar-refractivity contribution >= 4 is 29.9 Å². The molecule has 0 radical (unpaired) electrons. The van der Waals surface area contributed by atoms with E-state index in [4.69, 9.17) is 4.74 Å². The Morgan fingerprint density at radius 3 is 2.54 bits per heavy atom. The molecular weight excluding hydrogens is 481 g/mol. The molecule has 0 amide bonds. The van der Waals surface area contributed by atoms with Gasteiger partial charge in [-0.25, -0.2) is 0 Å². The Morgan fingerprint density at radius 1 is 1.25 bits per heavy atom. The van der Waals surface area contributed by atoms with E-state index in [1.54, 1.807) is 19.2 Å². The van der Waals surface area contributed by atoms with Crippen LogP contribution in [0.4, 0.5) is 8.78 Å². The molecule has 9 heteroatoms. The predicted octanol–water partition coefficient (Wildman–Crippen LogP) is 3.24. The number of hydrogen-bond acceptors (Lipinski definition) is 4. The first-order valence-electron chi connectivity index (χ1n) is 9.10. The predicted molar refractivity (Wildman–Crippen MR) is 120 cm³/mol. The van der Waals surface area contributed by atoms with Gasteiger partial charge < -0.3 is 25.0 Å². The highest BCUT2D eigenvalue weighted by Gasteiger charge is 2.12. The van der Waals surface area contributed by atoms with Gasteiger partial charge in [-0.1, -0.05) is 17.7 Å². The first-order valence-corrected chi connectivity index (χ1v) is 9.10. The standard InChI is InChI=1S/C19H32F2N4O2.HI/c1-6-26-16(9-10-25(4)5)13-24-19(22-3)23-12-15-11-14(2)7-8-17(15)27-18(20)21;/h7-8,11,16,18H,6,9-10,12-13H2,1-5H3,(H2,22,23,24);1H. The molecule has 1 rings (SSSR count). The van der Waals surface area contributed by atoms with E-state index >= 15 is 0 Å². The summed E-state index contributed by atoms with van der Waals surface area (Å²) in [6, 6.07) is 5.12. The molecule has 0 aliphatic carbocycles. The smallest absolute Gasteiger partial charge is 0.387 e. The highest BCUT2D eigenvalue weighted by atomic mass is 127. The molecule has 162 valence electrons. The molecule has 28 heavy (non-hydrogen) atoms. The number of aliphatic imine (C=N–C) groups is 1. The summed E-state index contributed by atoms with van der Waals surface area (Å²) < 4.78 is 35.5. The molecule has 0 bridgehead atoms. The fraction of sp³-hybridized carbons (Fsp3) is 0.632.